The van der Waals surface area contributed by atoms with Gasteiger partial charge in [-0.25, -0.2) is 13.4 Å². The zero-order valence-electron chi connectivity index (χ0n) is 19.2. The normalized spacial score (nSPS) is 15.5. The summed E-state index contributed by atoms with van der Waals surface area (Å²) in [7, 11) is -0.418. The Morgan fingerprint density at radius 2 is 1.76 bits per heavy atom. The van der Waals surface area contributed by atoms with E-state index in [0.717, 1.165) is 16.1 Å². The van der Waals surface area contributed by atoms with Gasteiger partial charge in [-0.1, -0.05) is 23.7 Å². The predicted molar refractivity (Wildman–Crippen MR) is 133 cm³/mol. The molecule has 11 heteroatoms. The summed E-state index contributed by atoms with van der Waals surface area (Å²) in [5, 5.41) is 2.45. The summed E-state index contributed by atoms with van der Waals surface area (Å²) in [6, 6.07) is 10.4. The number of hydrogen-bond donors (Lipinski definition) is 0. The van der Waals surface area contributed by atoms with Crippen LogP contribution in [0.2, 0.25) is 5.02 Å². The molecule has 0 amide bonds. The van der Waals surface area contributed by atoms with Crippen molar-refractivity contribution in [3.05, 3.63) is 51.6 Å². The topological polar surface area (TPSA) is 82.4 Å². The lowest BCUT2D eigenvalue weighted by Gasteiger charge is -2.26. The third-order valence-electron chi connectivity index (χ3n) is 5.54. The number of benzene rings is 2. The number of rotatable bonds is 7. The minimum absolute atomic E-state index is 0.277. The van der Waals surface area contributed by atoms with Gasteiger partial charge in [0.05, 0.1) is 43.0 Å². The summed E-state index contributed by atoms with van der Waals surface area (Å²) in [5.41, 5.74) is 2.45. The molecule has 2 aromatic carbocycles. The molecule has 1 saturated heterocycles. The number of sulfonamides is 1. The number of morpholine rings is 1. The second-order valence-corrected chi connectivity index (χ2v) is 10.6. The van der Waals surface area contributed by atoms with Crippen molar-refractivity contribution in [2.45, 2.75) is 18.4 Å². The van der Waals surface area contributed by atoms with Gasteiger partial charge < -0.3 is 18.8 Å². The molecule has 1 aliphatic heterocycles. The van der Waals surface area contributed by atoms with Crippen molar-refractivity contribution in [2.24, 2.45) is 4.99 Å². The highest BCUT2D eigenvalue weighted by Gasteiger charge is 2.26. The van der Waals surface area contributed by atoms with E-state index >= 15 is 0 Å². The molecule has 0 aliphatic carbocycles. The lowest BCUT2D eigenvalue weighted by atomic mass is 10.2. The van der Waals surface area contributed by atoms with Gasteiger partial charge in [-0.3, -0.25) is 0 Å². The van der Waals surface area contributed by atoms with Crippen molar-refractivity contribution in [3.8, 4) is 22.8 Å². The fraction of sp³-hybridized carbons (Fsp3) is 0.348. The molecule has 1 fully saturated rings. The van der Waals surface area contributed by atoms with Crippen molar-refractivity contribution in [1.29, 1.82) is 0 Å². The van der Waals surface area contributed by atoms with Gasteiger partial charge >= 0.3 is 0 Å². The minimum atomic E-state index is -3.54. The van der Waals surface area contributed by atoms with Crippen LogP contribution in [-0.4, -0.2) is 57.8 Å². The van der Waals surface area contributed by atoms with Gasteiger partial charge in [-0.2, -0.15) is 4.31 Å². The van der Waals surface area contributed by atoms with Crippen molar-refractivity contribution >= 4 is 38.6 Å². The number of ether oxygens (including phenoxy) is 3. The lowest BCUT2D eigenvalue weighted by molar-refractivity contribution is 0.0730. The van der Waals surface area contributed by atoms with Crippen LogP contribution in [0, 0.1) is 0 Å². The van der Waals surface area contributed by atoms with Gasteiger partial charge in [0.2, 0.25) is 10.0 Å². The van der Waals surface area contributed by atoms with Gasteiger partial charge in [-0.15, -0.1) is 11.3 Å². The van der Waals surface area contributed by atoms with Crippen molar-refractivity contribution in [3.63, 3.8) is 0 Å². The molecule has 8 nitrogen and oxygen atoms in total. The molecule has 0 radical (unpaired) electrons. The Balaban J connectivity index is 1.70. The first-order chi connectivity index (χ1) is 16.4. The maximum atomic E-state index is 12.9. The first-order valence-electron chi connectivity index (χ1n) is 10.7. The molecule has 1 aliphatic rings. The Labute approximate surface area is 208 Å². The molecule has 182 valence electrons. The Morgan fingerprint density at radius 1 is 1.09 bits per heavy atom. The maximum Gasteiger partial charge on any atom is 0.243 e. The molecule has 0 spiro atoms. The zero-order valence-corrected chi connectivity index (χ0v) is 21.5. The number of halogens is 1. The van der Waals surface area contributed by atoms with Gasteiger partial charge in [-0.05, 0) is 24.6 Å². The molecule has 34 heavy (non-hydrogen) atoms. The van der Waals surface area contributed by atoms with Crippen LogP contribution in [0.3, 0.4) is 0 Å². The first kappa shape index (κ1) is 24.7. The highest BCUT2D eigenvalue weighted by molar-refractivity contribution is 7.89. The average Bonchev–Trinajstić information content (AvgIpc) is 3.27. The van der Waals surface area contributed by atoms with E-state index in [1.54, 1.807) is 38.5 Å². The Kier molecular flexibility index (Phi) is 7.63. The quantitative estimate of drug-likeness (QED) is 0.464. The fourth-order valence-corrected chi connectivity index (χ4v) is 6.35. The largest absolute Gasteiger partial charge is 0.495 e. The van der Waals surface area contributed by atoms with E-state index in [0.29, 0.717) is 55.1 Å². The van der Waals surface area contributed by atoms with Crippen LogP contribution in [0.15, 0.2) is 51.7 Å². The third-order valence-corrected chi connectivity index (χ3v) is 8.61. The molecule has 0 unspecified atom stereocenters. The van der Waals surface area contributed by atoms with Crippen LogP contribution in [0.1, 0.15) is 6.92 Å². The highest BCUT2D eigenvalue weighted by atomic mass is 35.5. The molecular weight excluding hydrogens is 498 g/mol. The minimum Gasteiger partial charge on any atom is -0.495 e. The zero-order chi connectivity index (χ0) is 24.3. The Hall–Kier alpha value is -2.37. The number of methoxy groups -OCH3 is 2. The van der Waals surface area contributed by atoms with E-state index in [4.69, 9.17) is 30.8 Å². The van der Waals surface area contributed by atoms with Crippen LogP contribution in [0.4, 0.5) is 5.69 Å². The second kappa shape index (κ2) is 10.5. The van der Waals surface area contributed by atoms with E-state index in [9.17, 15) is 8.42 Å². The average molecular weight is 524 g/mol. The van der Waals surface area contributed by atoms with E-state index in [2.05, 4.69) is 4.57 Å². The number of aromatic nitrogens is 1. The molecule has 0 N–H and O–H groups in total. The second-order valence-electron chi connectivity index (χ2n) is 7.46. The fourth-order valence-electron chi connectivity index (χ4n) is 3.72. The summed E-state index contributed by atoms with van der Waals surface area (Å²) in [6.07, 6.45) is 0. The first-order valence-corrected chi connectivity index (χ1v) is 13.4. The summed E-state index contributed by atoms with van der Waals surface area (Å²) in [4.78, 5) is 5.85. The Morgan fingerprint density at radius 3 is 2.38 bits per heavy atom. The molecule has 3 aromatic rings. The summed E-state index contributed by atoms with van der Waals surface area (Å²) < 4.78 is 45.4. The smallest absolute Gasteiger partial charge is 0.243 e. The predicted octanol–water partition coefficient (Wildman–Crippen LogP) is 4.16. The van der Waals surface area contributed by atoms with E-state index in [1.807, 2.05) is 24.4 Å². The van der Waals surface area contributed by atoms with Crippen LogP contribution >= 0.6 is 22.9 Å². The molecule has 0 atom stereocenters. The van der Waals surface area contributed by atoms with Crippen molar-refractivity contribution in [2.75, 3.05) is 40.5 Å². The number of thiazole rings is 1. The van der Waals surface area contributed by atoms with Crippen LogP contribution in [-0.2, 0) is 21.3 Å². The molecule has 1 aromatic heterocycles. The molecule has 4 rings (SSSR count). The highest BCUT2D eigenvalue weighted by Crippen LogP contribution is 2.37. The monoisotopic (exact) mass is 523 g/mol. The maximum absolute atomic E-state index is 12.9. The van der Waals surface area contributed by atoms with Crippen LogP contribution in [0.25, 0.3) is 11.3 Å². The summed E-state index contributed by atoms with van der Waals surface area (Å²) >= 11 is 7.71. The summed E-state index contributed by atoms with van der Waals surface area (Å²) in [5.74, 6) is 1.05. The molecule has 2 heterocycles. The Bertz CT molecular complexity index is 1330. The van der Waals surface area contributed by atoms with Gasteiger partial charge in [0, 0.05) is 37.1 Å². The number of nitrogens with zero attached hydrogens (tertiary/aromatic N) is 3. The van der Waals surface area contributed by atoms with E-state index < -0.39 is 10.0 Å². The molecule has 0 bridgehead atoms. The third kappa shape index (κ3) is 4.87. The lowest BCUT2D eigenvalue weighted by Crippen LogP contribution is -2.40. The van der Waals surface area contributed by atoms with Crippen molar-refractivity contribution in [1.82, 2.24) is 8.87 Å². The van der Waals surface area contributed by atoms with E-state index in [1.165, 1.54) is 15.6 Å². The summed E-state index contributed by atoms with van der Waals surface area (Å²) in [6.45, 7) is 4.28. The van der Waals surface area contributed by atoms with Crippen molar-refractivity contribution < 1.29 is 22.6 Å². The number of hydrogen-bond acceptors (Lipinski definition) is 7. The standard InChI is InChI=1S/C23H26ClN3O5S2/c1-4-27-20(15-33-23(27)25-19-14-21(30-2)18(24)13-22(19)31-3)16-5-7-17(8-6-16)34(28,29)26-9-11-32-12-10-26/h5-8,13-15H,4,9-12H2,1-3H3. The molecular formula is C23H26ClN3O5S2. The van der Waals surface area contributed by atoms with Crippen LogP contribution < -0.4 is 14.3 Å². The molecule has 0 saturated carbocycles. The van der Waals surface area contributed by atoms with Crippen LogP contribution in [0.5, 0.6) is 11.5 Å². The van der Waals surface area contributed by atoms with Gasteiger partial charge in [0.15, 0.2) is 4.80 Å². The van der Waals surface area contributed by atoms with Gasteiger partial charge in [0.1, 0.15) is 17.2 Å². The SMILES string of the molecule is CCn1c(-c2ccc(S(=O)(=O)N3CCOCC3)cc2)csc1=Nc1cc(OC)c(Cl)cc1OC. The van der Waals surface area contributed by atoms with E-state index in [-0.39, 0.29) is 4.90 Å². The van der Waals surface area contributed by atoms with Gasteiger partial charge in [0.25, 0.3) is 0 Å².